The van der Waals surface area contributed by atoms with E-state index >= 15 is 0 Å². The van der Waals surface area contributed by atoms with Crippen molar-refractivity contribution < 1.29 is 19.4 Å². The number of carboxylic acid groups (broad SMARTS) is 1. The average molecular weight is 287 g/mol. The maximum atomic E-state index is 12.1. The van der Waals surface area contributed by atoms with Crippen LogP contribution in [0.2, 0.25) is 0 Å². The van der Waals surface area contributed by atoms with Crippen LogP contribution in [-0.4, -0.2) is 78.9 Å². The summed E-state index contributed by atoms with van der Waals surface area (Å²) in [5, 5.41) is 11.6. The predicted octanol–water partition coefficient (Wildman–Crippen LogP) is 0.213. The Hall–Kier alpha value is -1.34. The van der Waals surface area contributed by atoms with Crippen LogP contribution < -0.4 is 5.32 Å². The van der Waals surface area contributed by atoms with E-state index in [1.54, 1.807) is 12.0 Å². The Morgan fingerprint density at radius 3 is 2.55 bits per heavy atom. The highest BCUT2D eigenvalue weighted by molar-refractivity contribution is 5.74. The second-order valence-electron chi connectivity index (χ2n) is 5.63. The van der Waals surface area contributed by atoms with E-state index in [-0.39, 0.29) is 12.6 Å². The third kappa shape index (κ3) is 5.75. The summed E-state index contributed by atoms with van der Waals surface area (Å²) in [7, 11) is 1.61. The molecule has 0 aromatic carbocycles. The molecular weight excluding hydrogens is 262 g/mol. The zero-order valence-electron chi connectivity index (χ0n) is 12.5. The molecule has 20 heavy (non-hydrogen) atoms. The lowest BCUT2D eigenvalue weighted by Gasteiger charge is -2.26. The number of aliphatic carboxylic acids is 1. The Bertz CT molecular complexity index is 347. The molecule has 0 atom stereocenters. The molecule has 2 N–H and O–H groups in total. The Morgan fingerprint density at radius 1 is 1.25 bits per heavy atom. The van der Waals surface area contributed by atoms with Crippen molar-refractivity contribution in [3.05, 3.63) is 0 Å². The molecule has 0 aromatic rings. The van der Waals surface area contributed by atoms with E-state index in [0.717, 1.165) is 6.42 Å². The van der Waals surface area contributed by atoms with Gasteiger partial charge >= 0.3 is 12.0 Å². The topological polar surface area (TPSA) is 82.1 Å². The Morgan fingerprint density at radius 2 is 1.95 bits per heavy atom. The van der Waals surface area contributed by atoms with Crippen molar-refractivity contribution in [2.24, 2.45) is 0 Å². The monoisotopic (exact) mass is 287 g/mol. The molecule has 0 aromatic heterocycles. The van der Waals surface area contributed by atoms with E-state index in [2.05, 4.69) is 5.32 Å². The molecule has 1 heterocycles. The molecule has 0 aliphatic carbocycles. The first kappa shape index (κ1) is 16.7. The van der Waals surface area contributed by atoms with Gasteiger partial charge in [0, 0.05) is 39.8 Å². The summed E-state index contributed by atoms with van der Waals surface area (Å²) in [6.45, 7) is 6.79. The van der Waals surface area contributed by atoms with E-state index in [1.165, 1.54) is 0 Å². The summed E-state index contributed by atoms with van der Waals surface area (Å²) in [5.41, 5.74) is -0.392. The molecule has 0 bridgehead atoms. The van der Waals surface area contributed by atoms with Gasteiger partial charge in [-0.3, -0.25) is 9.69 Å². The number of ether oxygens (including phenoxy) is 1. The van der Waals surface area contributed by atoms with Crippen LogP contribution in [0, 0.1) is 0 Å². The van der Waals surface area contributed by atoms with Gasteiger partial charge in [-0.2, -0.15) is 0 Å². The van der Waals surface area contributed by atoms with Crippen LogP contribution in [0.4, 0.5) is 4.79 Å². The molecule has 1 saturated heterocycles. The van der Waals surface area contributed by atoms with E-state index in [1.807, 2.05) is 18.7 Å². The van der Waals surface area contributed by atoms with Gasteiger partial charge in [-0.25, -0.2) is 4.79 Å². The number of hydrogen-bond acceptors (Lipinski definition) is 4. The molecular formula is C13H25N3O4. The van der Waals surface area contributed by atoms with Crippen LogP contribution in [0.3, 0.4) is 0 Å². The Balaban J connectivity index is 2.40. The summed E-state index contributed by atoms with van der Waals surface area (Å²) in [5.74, 6) is -0.829. The summed E-state index contributed by atoms with van der Waals surface area (Å²) in [6, 6.07) is -0.118. The molecule has 0 spiro atoms. The lowest BCUT2D eigenvalue weighted by atomic mass is 10.1. The van der Waals surface area contributed by atoms with Gasteiger partial charge in [0.05, 0.1) is 12.1 Å². The molecule has 1 fully saturated rings. The highest BCUT2D eigenvalue weighted by Crippen LogP contribution is 2.07. The highest BCUT2D eigenvalue weighted by Gasteiger charge is 2.22. The number of methoxy groups -OCH3 is 1. The maximum absolute atomic E-state index is 12.1. The number of urea groups is 1. The van der Waals surface area contributed by atoms with E-state index in [0.29, 0.717) is 32.7 Å². The quantitative estimate of drug-likeness (QED) is 0.755. The summed E-state index contributed by atoms with van der Waals surface area (Å²) in [4.78, 5) is 26.3. The van der Waals surface area contributed by atoms with Crippen molar-refractivity contribution in [1.82, 2.24) is 15.1 Å². The number of rotatable bonds is 5. The number of nitrogens with zero attached hydrogens (tertiary/aromatic N) is 2. The maximum Gasteiger partial charge on any atom is 0.317 e. The van der Waals surface area contributed by atoms with Crippen molar-refractivity contribution in [3.8, 4) is 0 Å². The van der Waals surface area contributed by atoms with Crippen molar-refractivity contribution in [3.63, 3.8) is 0 Å². The summed E-state index contributed by atoms with van der Waals surface area (Å²) in [6.07, 6.45) is 0.786. The molecule has 1 aliphatic rings. The fourth-order valence-corrected chi connectivity index (χ4v) is 2.00. The first-order valence-electron chi connectivity index (χ1n) is 6.86. The van der Waals surface area contributed by atoms with Gasteiger partial charge in [0.2, 0.25) is 0 Å². The summed E-state index contributed by atoms with van der Waals surface area (Å²) < 4.78 is 5.25. The molecule has 0 radical (unpaired) electrons. The second kappa shape index (κ2) is 7.44. The number of amides is 2. The lowest BCUT2D eigenvalue weighted by molar-refractivity contribution is -0.138. The SMILES string of the molecule is COC(C)(C)CNC(=O)N1CCCN(CC(=O)O)CC1. The largest absolute Gasteiger partial charge is 0.480 e. The van der Waals surface area contributed by atoms with Gasteiger partial charge in [0.1, 0.15) is 0 Å². The fourth-order valence-electron chi connectivity index (χ4n) is 2.00. The normalized spacial score (nSPS) is 17.6. The number of carbonyl (C=O) groups is 2. The van der Waals surface area contributed by atoms with Crippen molar-refractivity contribution in [2.75, 3.05) is 46.4 Å². The minimum absolute atomic E-state index is 0.0339. The van der Waals surface area contributed by atoms with Crippen LogP contribution >= 0.6 is 0 Å². The molecule has 7 heteroatoms. The highest BCUT2D eigenvalue weighted by atomic mass is 16.5. The number of carboxylic acids is 1. The van der Waals surface area contributed by atoms with Crippen molar-refractivity contribution in [2.45, 2.75) is 25.9 Å². The third-order valence-corrected chi connectivity index (χ3v) is 3.45. The van der Waals surface area contributed by atoms with Crippen LogP contribution in [0.5, 0.6) is 0 Å². The fraction of sp³-hybridized carbons (Fsp3) is 0.846. The van der Waals surface area contributed by atoms with Crippen LogP contribution in [0.15, 0.2) is 0 Å². The first-order valence-corrected chi connectivity index (χ1v) is 6.86. The Kier molecular flexibility index (Phi) is 6.22. The van der Waals surface area contributed by atoms with Crippen LogP contribution in [0.1, 0.15) is 20.3 Å². The van der Waals surface area contributed by atoms with Crippen LogP contribution in [-0.2, 0) is 9.53 Å². The van der Waals surface area contributed by atoms with Crippen molar-refractivity contribution >= 4 is 12.0 Å². The molecule has 0 unspecified atom stereocenters. The first-order chi connectivity index (χ1) is 9.34. The van der Waals surface area contributed by atoms with Gasteiger partial charge in [-0.15, -0.1) is 0 Å². The minimum atomic E-state index is -0.829. The van der Waals surface area contributed by atoms with Gasteiger partial charge in [0.25, 0.3) is 0 Å². The van der Waals surface area contributed by atoms with Gasteiger partial charge < -0.3 is 20.1 Å². The summed E-state index contributed by atoms with van der Waals surface area (Å²) >= 11 is 0. The second-order valence-corrected chi connectivity index (χ2v) is 5.63. The standard InChI is InChI=1S/C13H25N3O4/c1-13(2,20-3)10-14-12(19)16-6-4-5-15(7-8-16)9-11(17)18/h4-10H2,1-3H3,(H,14,19)(H,17,18). The number of nitrogens with one attached hydrogen (secondary N) is 1. The molecule has 2 amide bonds. The molecule has 1 aliphatic heterocycles. The average Bonchev–Trinajstić information content (AvgIpc) is 2.61. The minimum Gasteiger partial charge on any atom is -0.480 e. The van der Waals surface area contributed by atoms with Crippen LogP contribution in [0.25, 0.3) is 0 Å². The number of carbonyl (C=O) groups excluding carboxylic acids is 1. The zero-order valence-corrected chi connectivity index (χ0v) is 12.5. The van der Waals surface area contributed by atoms with Gasteiger partial charge in [0.15, 0.2) is 0 Å². The smallest absolute Gasteiger partial charge is 0.317 e. The number of hydrogen-bond donors (Lipinski definition) is 2. The van der Waals surface area contributed by atoms with Crippen molar-refractivity contribution in [1.29, 1.82) is 0 Å². The van der Waals surface area contributed by atoms with E-state index in [4.69, 9.17) is 9.84 Å². The molecule has 116 valence electrons. The molecule has 7 nitrogen and oxygen atoms in total. The van der Waals surface area contributed by atoms with Gasteiger partial charge in [-0.1, -0.05) is 0 Å². The third-order valence-electron chi connectivity index (χ3n) is 3.45. The lowest BCUT2D eigenvalue weighted by Crippen LogP contribution is -2.47. The molecule has 0 saturated carbocycles. The molecule has 1 rings (SSSR count). The zero-order chi connectivity index (χ0) is 15.2. The Labute approximate surface area is 119 Å². The van der Waals surface area contributed by atoms with Gasteiger partial charge in [-0.05, 0) is 20.3 Å². The predicted molar refractivity (Wildman–Crippen MR) is 74.8 cm³/mol. The van der Waals surface area contributed by atoms with E-state index < -0.39 is 11.6 Å². The van der Waals surface area contributed by atoms with E-state index in [9.17, 15) is 9.59 Å².